The first kappa shape index (κ1) is 14.6. The minimum Gasteiger partial charge on any atom is -0.360 e. The van der Waals surface area contributed by atoms with E-state index in [4.69, 9.17) is 11.6 Å². The Hall–Kier alpha value is -1.43. The fourth-order valence-corrected chi connectivity index (χ4v) is 1.55. The zero-order chi connectivity index (χ0) is 14.1. The van der Waals surface area contributed by atoms with Crippen molar-refractivity contribution in [1.29, 1.82) is 0 Å². The van der Waals surface area contributed by atoms with Crippen LogP contribution in [-0.2, 0) is 0 Å². The van der Waals surface area contributed by atoms with Gasteiger partial charge in [-0.2, -0.15) is 0 Å². The van der Waals surface area contributed by atoms with Crippen molar-refractivity contribution in [3.05, 3.63) is 21.1 Å². The maximum atomic E-state index is 11.0. The van der Waals surface area contributed by atoms with E-state index in [0.717, 1.165) is 0 Å². The molecule has 100 valence electrons. The molecule has 0 unspecified atom stereocenters. The van der Waals surface area contributed by atoms with Gasteiger partial charge in [-0.1, -0.05) is 25.4 Å². The Morgan fingerprint density at radius 3 is 2.28 bits per heavy atom. The fraction of sp³-hybridized carbons (Fsp3) is 0.636. The summed E-state index contributed by atoms with van der Waals surface area (Å²) in [4.78, 5) is 18.6. The van der Waals surface area contributed by atoms with Gasteiger partial charge in [0.2, 0.25) is 11.0 Å². The Kier molecular flexibility index (Phi) is 4.11. The number of hydrogen-bond donors (Lipinski definition) is 1. The smallest absolute Gasteiger partial charge is 0.348 e. The van der Waals surface area contributed by atoms with E-state index in [-0.39, 0.29) is 28.1 Å². The zero-order valence-electron chi connectivity index (χ0n) is 11.1. The molecule has 1 aromatic rings. The predicted molar refractivity (Wildman–Crippen MR) is 71.2 cm³/mol. The van der Waals surface area contributed by atoms with Crippen molar-refractivity contribution >= 4 is 23.1 Å². The van der Waals surface area contributed by atoms with E-state index in [1.807, 2.05) is 34.6 Å². The molecule has 6 nitrogen and oxygen atoms in total. The van der Waals surface area contributed by atoms with Crippen LogP contribution in [0.2, 0.25) is 5.15 Å². The lowest BCUT2D eigenvalue weighted by Gasteiger charge is -2.21. The van der Waals surface area contributed by atoms with E-state index < -0.39 is 4.92 Å². The molecular weight excluding hydrogens is 256 g/mol. The molecule has 18 heavy (non-hydrogen) atoms. The number of nitro groups is 1. The summed E-state index contributed by atoms with van der Waals surface area (Å²) in [5.41, 5.74) is -0.632. The van der Waals surface area contributed by atoms with Crippen molar-refractivity contribution in [3.63, 3.8) is 0 Å². The van der Waals surface area contributed by atoms with Gasteiger partial charge in [0.15, 0.2) is 0 Å². The summed E-state index contributed by atoms with van der Waals surface area (Å²) in [5, 5.41) is 13.9. The van der Waals surface area contributed by atoms with Crippen LogP contribution in [0, 0.1) is 10.1 Å². The number of nitrogens with one attached hydrogen (secondary N) is 1. The third-order valence-corrected chi connectivity index (χ3v) is 2.31. The van der Waals surface area contributed by atoms with Crippen LogP contribution in [-0.4, -0.2) is 20.4 Å². The van der Waals surface area contributed by atoms with Crippen LogP contribution in [0.15, 0.2) is 0 Å². The average molecular weight is 273 g/mol. The molecule has 0 fully saturated rings. The highest BCUT2D eigenvalue weighted by molar-refractivity contribution is 6.31. The van der Waals surface area contributed by atoms with Gasteiger partial charge in [-0.05, 0) is 20.8 Å². The molecule has 0 aliphatic rings. The third kappa shape index (κ3) is 3.53. The molecule has 0 saturated carbocycles. The van der Waals surface area contributed by atoms with Crippen molar-refractivity contribution in [3.8, 4) is 0 Å². The Balaban J connectivity index is 3.38. The molecule has 0 aliphatic carbocycles. The standard InChI is InChI=1S/C11H17ClN4O2/c1-6(2)9-13-8(12)7(16(17)18)10(14-9)15-11(3,4)5/h6H,1-5H3,(H,13,14,15). The van der Waals surface area contributed by atoms with E-state index in [1.54, 1.807) is 0 Å². The second-order valence-corrected chi connectivity index (χ2v) is 5.71. The molecule has 1 rings (SSSR count). The molecule has 0 saturated heterocycles. The largest absolute Gasteiger partial charge is 0.360 e. The van der Waals surface area contributed by atoms with Gasteiger partial charge in [0.05, 0.1) is 4.92 Å². The van der Waals surface area contributed by atoms with Crippen LogP contribution in [0.1, 0.15) is 46.4 Å². The van der Waals surface area contributed by atoms with Crippen LogP contribution in [0.4, 0.5) is 11.5 Å². The lowest BCUT2D eigenvalue weighted by atomic mass is 10.1. The summed E-state index contributed by atoms with van der Waals surface area (Å²) < 4.78 is 0. The maximum Gasteiger partial charge on any atom is 0.348 e. The van der Waals surface area contributed by atoms with Crippen LogP contribution < -0.4 is 5.32 Å². The first-order valence-electron chi connectivity index (χ1n) is 5.62. The van der Waals surface area contributed by atoms with Gasteiger partial charge in [-0.3, -0.25) is 10.1 Å². The molecule has 0 spiro atoms. The van der Waals surface area contributed by atoms with E-state index in [1.165, 1.54) is 0 Å². The van der Waals surface area contributed by atoms with Gasteiger partial charge >= 0.3 is 5.69 Å². The van der Waals surface area contributed by atoms with E-state index in [9.17, 15) is 10.1 Å². The van der Waals surface area contributed by atoms with Crippen molar-refractivity contribution in [2.45, 2.75) is 46.1 Å². The number of hydrogen-bond acceptors (Lipinski definition) is 5. The molecule has 0 aromatic carbocycles. The molecule has 1 aromatic heterocycles. The molecule has 0 atom stereocenters. The molecule has 1 heterocycles. The first-order valence-corrected chi connectivity index (χ1v) is 5.99. The SMILES string of the molecule is CC(C)c1nc(Cl)c([N+](=O)[O-])c(NC(C)(C)C)n1. The third-order valence-electron chi connectivity index (χ3n) is 2.05. The normalized spacial score (nSPS) is 11.7. The molecular formula is C11H17ClN4O2. The topological polar surface area (TPSA) is 81.0 Å². The zero-order valence-corrected chi connectivity index (χ0v) is 11.9. The fourth-order valence-electron chi connectivity index (χ4n) is 1.31. The molecule has 0 amide bonds. The maximum absolute atomic E-state index is 11.0. The molecule has 0 aliphatic heterocycles. The van der Waals surface area contributed by atoms with E-state index >= 15 is 0 Å². The Morgan fingerprint density at radius 1 is 1.33 bits per heavy atom. The lowest BCUT2D eigenvalue weighted by Crippen LogP contribution is -2.27. The number of rotatable bonds is 3. The van der Waals surface area contributed by atoms with Crippen LogP contribution in [0.5, 0.6) is 0 Å². The monoisotopic (exact) mass is 272 g/mol. The summed E-state index contributed by atoms with van der Waals surface area (Å²) in [6.45, 7) is 9.47. The Morgan fingerprint density at radius 2 is 1.89 bits per heavy atom. The number of halogens is 1. The molecule has 0 radical (unpaired) electrons. The lowest BCUT2D eigenvalue weighted by molar-refractivity contribution is -0.384. The Labute approximate surface area is 111 Å². The summed E-state index contributed by atoms with van der Waals surface area (Å²) in [5.74, 6) is 0.692. The number of nitrogens with zero attached hydrogens (tertiary/aromatic N) is 3. The van der Waals surface area contributed by atoms with Gasteiger partial charge in [0, 0.05) is 11.5 Å². The quantitative estimate of drug-likeness (QED) is 0.518. The van der Waals surface area contributed by atoms with Gasteiger partial charge in [-0.15, -0.1) is 0 Å². The summed E-state index contributed by atoms with van der Waals surface area (Å²) >= 11 is 5.87. The van der Waals surface area contributed by atoms with Gasteiger partial charge in [0.25, 0.3) is 0 Å². The summed E-state index contributed by atoms with van der Waals surface area (Å²) in [6.07, 6.45) is 0. The number of anilines is 1. The number of aromatic nitrogens is 2. The second kappa shape index (κ2) is 5.06. The molecule has 7 heteroatoms. The predicted octanol–water partition coefficient (Wildman–Crippen LogP) is 3.37. The highest BCUT2D eigenvalue weighted by Crippen LogP contribution is 2.32. The van der Waals surface area contributed by atoms with Crippen molar-refractivity contribution in [1.82, 2.24) is 9.97 Å². The second-order valence-electron chi connectivity index (χ2n) is 5.36. The van der Waals surface area contributed by atoms with Crippen molar-refractivity contribution in [2.24, 2.45) is 0 Å². The van der Waals surface area contributed by atoms with Gasteiger partial charge in [0.1, 0.15) is 5.82 Å². The van der Waals surface area contributed by atoms with Crippen LogP contribution >= 0.6 is 11.6 Å². The summed E-state index contributed by atoms with van der Waals surface area (Å²) in [7, 11) is 0. The van der Waals surface area contributed by atoms with Gasteiger partial charge < -0.3 is 5.32 Å². The van der Waals surface area contributed by atoms with E-state index in [2.05, 4.69) is 15.3 Å². The van der Waals surface area contributed by atoms with Crippen LogP contribution in [0.3, 0.4) is 0 Å². The highest BCUT2D eigenvalue weighted by Gasteiger charge is 2.26. The minimum atomic E-state index is -0.569. The Bertz CT molecular complexity index is 469. The van der Waals surface area contributed by atoms with Crippen LogP contribution in [0.25, 0.3) is 0 Å². The first-order chi connectivity index (χ1) is 8.11. The van der Waals surface area contributed by atoms with E-state index in [0.29, 0.717) is 5.82 Å². The van der Waals surface area contributed by atoms with Crippen molar-refractivity contribution in [2.75, 3.05) is 5.32 Å². The average Bonchev–Trinajstić information content (AvgIpc) is 2.12. The minimum absolute atomic E-state index is 0.0452. The van der Waals surface area contributed by atoms with Crippen molar-refractivity contribution < 1.29 is 4.92 Å². The summed E-state index contributed by atoms with van der Waals surface area (Å²) in [6, 6.07) is 0. The molecule has 1 N–H and O–H groups in total. The van der Waals surface area contributed by atoms with Gasteiger partial charge in [-0.25, -0.2) is 9.97 Å². The molecule has 0 bridgehead atoms. The highest BCUT2D eigenvalue weighted by atomic mass is 35.5.